The Kier molecular flexibility index (Phi) is 4.77. The average molecular weight is 227 g/mol. The van der Waals surface area contributed by atoms with Crippen LogP contribution < -0.4 is 5.32 Å². The van der Waals surface area contributed by atoms with Gasteiger partial charge in [0.2, 0.25) is 5.91 Å². The van der Waals surface area contributed by atoms with E-state index in [-0.39, 0.29) is 18.4 Å². The van der Waals surface area contributed by atoms with Gasteiger partial charge in [-0.3, -0.25) is 9.59 Å². The van der Waals surface area contributed by atoms with E-state index in [2.05, 4.69) is 5.32 Å². The van der Waals surface area contributed by atoms with Gasteiger partial charge in [0, 0.05) is 12.5 Å². The molecule has 2 unspecified atom stereocenters. The lowest BCUT2D eigenvalue weighted by Gasteiger charge is -2.15. The van der Waals surface area contributed by atoms with E-state index in [1.54, 1.807) is 0 Å². The molecule has 1 amide bonds. The van der Waals surface area contributed by atoms with E-state index >= 15 is 0 Å². The van der Waals surface area contributed by atoms with E-state index in [4.69, 9.17) is 5.11 Å². The molecule has 0 aliphatic heterocycles. The molecule has 1 saturated carbocycles. The second-order valence-corrected chi connectivity index (χ2v) is 4.70. The molecule has 1 fully saturated rings. The Hall–Kier alpha value is -1.06. The third-order valence-corrected chi connectivity index (χ3v) is 3.25. The first kappa shape index (κ1) is 13.0. The summed E-state index contributed by atoms with van der Waals surface area (Å²) in [5.41, 5.74) is 0. The van der Waals surface area contributed by atoms with Crippen LogP contribution in [0.15, 0.2) is 0 Å². The number of nitrogens with one attached hydrogen (secondary N) is 1. The highest BCUT2D eigenvalue weighted by Gasteiger charge is 2.32. The second kappa shape index (κ2) is 5.87. The summed E-state index contributed by atoms with van der Waals surface area (Å²) < 4.78 is 0. The van der Waals surface area contributed by atoms with Gasteiger partial charge in [-0.05, 0) is 25.2 Å². The fourth-order valence-electron chi connectivity index (χ4n) is 1.86. The number of hydrogen-bond donors (Lipinski definition) is 2. The minimum absolute atomic E-state index is 0.00449. The van der Waals surface area contributed by atoms with E-state index in [1.807, 2.05) is 13.8 Å². The predicted octanol–water partition coefficient (Wildman–Crippen LogP) is 1.65. The number of carboxylic acids is 1. The van der Waals surface area contributed by atoms with E-state index in [1.165, 1.54) is 0 Å². The SMILES string of the molecule is CCCC(CNC(=O)C(C)C1CC1)C(=O)O. The summed E-state index contributed by atoms with van der Waals surface area (Å²) in [7, 11) is 0. The van der Waals surface area contributed by atoms with Crippen LogP contribution in [0.5, 0.6) is 0 Å². The number of hydrogen-bond acceptors (Lipinski definition) is 2. The lowest BCUT2D eigenvalue weighted by atomic mass is 10.0. The highest BCUT2D eigenvalue weighted by atomic mass is 16.4. The molecule has 0 radical (unpaired) electrons. The first-order valence-corrected chi connectivity index (χ1v) is 6.06. The van der Waals surface area contributed by atoms with Gasteiger partial charge in [0.15, 0.2) is 0 Å². The smallest absolute Gasteiger partial charge is 0.308 e. The Bertz CT molecular complexity index is 261. The summed E-state index contributed by atoms with van der Waals surface area (Å²) in [6.07, 6.45) is 3.70. The Morgan fingerprint density at radius 1 is 1.44 bits per heavy atom. The molecule has 0 aromatic carbocycles. The highest BCUT2D eigenvalue weighted by Crippen LogP contribution is 2.36. The maximum absolute atomic E-state index is 11.7. The molecule has 0 spiro atoms. The van der Waals surface area contributed by atoms with Gasteiger partial charge in [0.1, 0.15) is 0 Å². The molecule has 1 aliphatic carbocycles. The molecule has 92 valence electrons. The van der Waals surface area contributed by atoms with E-state index in [0.717, 1.165) is 19.3 Å². The van der Waals surface area contributed by atoms with Crippen LogP contribution >= 0.6 is 0 Å². The molecule has 2 N–H and O–H groups in total. The zero-order chi connectivity index (χ0) is 12.1. The minimum Gasteiger partial charge on any atom is -0.481 e. The largest absolute Gasteiger partial charge is 0.481 e. The van der Waals surface area contributed by atoms with Crippen LogP contribution in [0.4, 0.5) is 0 Å². The Morgan fingerprint density at radius 2 is 2.06 bits per heavy atom. The van der Waals surface area contributed by atoms with Crippen molar-refractivity contribution in [3.8, 4) is 0 Å². The third-order valence-electron chi connectivity index (χ3n) is 3.25. The minimum atomic E-state index is -0.818. The van der Waals surface area contributed by atoms with Crippen LogP contribution in [-0.2, 0) is 9.59 Å². The van der Waals surface area contributed by atoms with Gasteiger partial charge in [0.05, 0.1) is 5.92 Å². The molecule has 4 heteroatoms. The summed E-state index contributed by atoms with van der Waals surface area (Å²) in [5.74, 6) is -0.697. The zero-order valence-corrected chi connectivity index (χ0v) is 10.0. The van der Waals surface area contributed by atoms with Crippen molar-refractivity contribution in [1.82, 2.24) is 5.32 Å². The Labute approximate surface area is 96.4 Å². The summed E-state index contributed by atoms with van der Waals surface area (Å²) in [4.78, 5) is 22.5. The maximum Gasteiger partial charge on any atom is 0.308 e. The lowest BCUT2D eigenvalue weighted by molar-refractivity contribution is -0.142. The number of aliphatic carboxylic acids is 1. The summed E-state index contributed by atoms with van der Waals surface area (Å²) in [6, 6.07) is 0. The van der Waals surface area contributed by atoms with Gasteiger partial charge in [-0.25, -0.2) is 0 Å². The van der Waals surface area contributed by atoms with Crippen LogP contribution in [0.2, 0.25) is 0 Å². The molecule has 2 atom stereocenters. The molecular weight excluding hydrogens is 206 g/mol. The van der Waals surface area contributed by atoms with Crippen LogP contribution in [0.25, 0.3) is 0 Å². The fraction of sp³-hybridized carbons (Fsp3) is 0.833. The predicted molar refractivity (Wildman–Crippen MR) is 60.9 cm³/mol. The summed E-state index contributed by atoms with van der Waals surface area (Å²) in [5, 5.41) is 11.7. The van der Waals surface area contributed by atoms with Crippen molar-refractivity contribution in [2.45, 2.75) is 39.5 Å². The Morgan fingerprint density at radius 3 is 2.50 bits per heavy atom. The average Bonchev–Trinajstić information content (AvgIpc) is 3.05. The van der Waals surface area contributed by atoms with E-state index in [9.17, 15) is 9.59 Å². The number of carboxylic acid groups (broad SMARTS) is 1. The molecule has 0 aromatic heterocycles. The van der Waals surface area contributed by atoms with Crippen LogP contribution in [0.3, 0.4) is 0 Å². The van der Waals surface area contributed by atoms with Crippen LogP contribution in [0, 0.1) is 17.8 Å². The monoisotopic (exact) mass is 227 g/mol. The van der Waals surface area contributed by atoms with Crippen LogP contribution in [-0.4, -0.2) is 23.5 Å². The molecule has 0 aromatic rings. The first-order valence-electron chi connectivity index (χ1n) is 6.06. The van der Waals surface area contributed by atoms with E-state index < -0.39 is 11.9 Å². The molecule has 0 heterocycles. The van der Waals surface area contributed by atoms with Gasteiger partial charge in [-0.1, -0.05) is 20.3 Å². The zero-order valence-electron chi connectivity index (χ0n) is 10.0. The van der Waals surface area contributed by atoms with Gasteiger partial charge >= 0.3 is 5.97 Å². The molecule has 0 saturated heterocycles. The quantitative estimate of drug-likeness (QED) is 0.695. The van der Waals surface area contributed by atoms with Gasteiger partial charge < -0.3 is 10.4 Å². The number of carbonyl (C=O) groups excluding carboxylic acids is 1. The second-order valence-electron chi connectivity index (χ2n) is 4.70. The topological polar surface area (TPSA) is 66.4 Å². The molecule has 0 bridgehead atoms. The molecule has 16 heavy (non-hydrogen) atoms. The van der Waals surface area contributed by atoms with Gasteiger partial charge in [-0.15, -0.1) is 0 Å². The van der Waals surface area contributed by atoms with Crippen LogP contribution in [0.1, 0.15) is 39.5 Å². The Balaban J connectivity index is 2.30. The third kappa shape index (κ3) is 3.83. The standard InChI is InChI=1S/C12H21NO3/c1-3-4-10(12(15)16)7-13-11(14)8(2)9-5-6-9/h8-10H,3-7H2,1-2H3,(H,13,14)(H,15,16). The summed E-state index contributed by atoms with van der Waals surface area (Å²) >= 11 is 0. The van der Waals surface area contributed by atoms with Crippen molar-refractivity contribution in [2.75, 3.05) is 6.54 Å². The lowest BCUT2D eigenvalue weighted by Crippen LogP contribution is -2.36. The van der Waals surface area contributed by atoms with E-state index in [0.29, 0.717) is 12.3 Å². The first-order chi connectivity index (χ1) is 7.56. The van der Waals surface area contributed by atoms with Gasteiger partial charge in [-0.2, -0.15) is 0 Å². The molecule has 4 nitrogen and oxygen atoms in total. The fourth-order valence-corrected chi connectivity index (χ4v) is 1.86. The van der Waals surface area contributed by atoms with Crippen molar-refractivity contribution >= 4 is 11.9 Å². The molecule has 1 rings (SSSR count). The number of carbonyl (C=O) groups is 2. The molecular formula is C12H21NO3. The maximum atomic E-state index is 11.7. The van der Waals surface area contributed by atoms with Crippen molar-refractivity contribution < 1.29 is 14.7 Å². The molecule has 1 aliphatic rings. The van der Waals surface area contributed by atoms with Gasteiger partial charge in [0.25, 0.3) is 0 Å². The summed E-state index contributed by atoms with van der Waals surface area (Å²) in [6.45, 7) is 4.13. The number of rotatable bonds is 7. The highest BCUT2D eigenvalue weighted by molar-refractivity contribution is 5.79. The van der Waals surface area contributed by atoms with Crippen molar-refractivity contribution in [1.29, 1.82) is 0 Å². The normalized spacial score (nSPS) is 18.9. The number of amides is 1. The van der Waals surface area contributed by atoms with Crippen molar-refractivity contribution in [2.24, 2.45) is 17.8 Å². The van der Waals surface area contributed by atoms with Crippen molar-refractivity contribution in [3.05, 3.63) is 0 Å². The van der Waals surface area contributed by atoms with Crippen molar-refractivity contribution in [3.63, 3.8) is 0 Å².